The Morgan fingerprint density at radius 2 is 2.19 bits per heavy atom. The summed E-state index contributed by atoms with van der Waals surface area (Å²) in [6.45, 7) is 5.81. The Bertz CT molecular complexity index is 433. The van der Waals surface area contributed by atoms with E-state index in [1.807, 2.05) is 20.8 Å². The van der Waals surface area contributed by atoms with Gasteiger partial charge in [-0.25, -0.2) is 4.98 Å². The van der Waals surface area contributed by atoms with Crippen LogP contribution in [-0.4, -0.2) is 26.6 Å². The molecule has 0 aliphatic carbocycles. The first-order chi connectivity index (χ1) is 7.41. The van der Waals surface area contributed by atoms with Crippen molar-refractivity contribution >= 4 is 22.6 Å². The van der Waals surface area contributed by atoms with Gasteiger partial charge in [-0.15, -0.1) is 0 Å². The molecule has 2 rings (SSSR count). The maximum atomic E-state index is 12.1. The molecule has 2 heterocycles. The first-order valence-electron chi connectivity index (χ1n) is 4.92. The molecule has 1 N–H and O–H groups in total. The molecule has 1 aromatic heterocycles. The van der Waals surface area contributed by atoms with Gasteiger partial charge in [0, 0.05) is 17.1 Å². The van der Waals surface area contributed by atoms with Crippen molar-refractivity contribution in [1.29, 1.82) is 0 Å². The predicted octanol–water partition coefficient (Wildman–Crippen LogP) is 1.18. The summed E-state index contributed by atoms with van der Waals surface area (Å²) in [6, 6.07) is 0. The largest absolute Gasteiger partial charge is 0.369 e. The minimum atomic E-state index is -0.935. The number of aliphatic hydroxyl groups is 1. The number of aromatic nitrogens is 2. The number of aliphatic hydroxyl groups excluding tert-OH is 1. The van der Waals surface area contributed by atoms with Crippen molar-refractivity contribution in [3.8, 4) is 0 Å². The van der Waals surface area contributed by atoms with Crippen molar-refractivity contribution in [1.82, 2.24) is 9.36 Å². The van der Waals surface area contributed by atoms with E-state index >= 15 is 0 Å². The summed E-state index contributed by atoms with van der Waals surface area (Å²) in [4.78, 5) is 17.3. The normalized spacial score (nSPS) is 21.5. The van der Waals surface area contributed by atoms with Crippen LogP contribution in [0, 0.1) is 5.41 Å². The van der Waals surface area contributed by atoms with Crippen molar-refractivity contribution < 1.29 is 9.90 Å². The highest BCUT2D eigenvalue weighted by Crippen LogP contribution is 2.34. The molecule has 0 saturated carbocycles. The quantitative estimate of drug-likeness (QED) is 0.799. The smallest absolute Gasteiger partial charge is 0.258 e. The summed E-state index contributed by atoms with van der Waals surface area (Å²) in [5.41, 5.74) is 0.326. The molecule has 1 aliphatic rings. The Labute approximate surface area is 97.6 Å². The highest BCUT2D eigenvalue weighted by Gasteiger charge is 2.38. The van der Waals surface area contributed by atoms with Gasteiger partial charge < -0.3 is 5.11 Å². The Morgan fingerprint density at radius 1 is 1.50 bits per heavy atom. The zero-order chi connectivity index (χ0) is 11.9. The first kappa shape index (κ1) is 11.2. The van der Waals surface area contributed by atoms with E-state index in [1.165, 1.54) is 11.2 Å². The lowest BCUT2D eigenvalue weighted by Crippen LogP contribution is -2.35. The Morgan fingerprint density at radius 3 is 2.62 bits per heavy atom. The van der Waals surface area contributed by atoms with Crippen molar-refractivity contribution in [2.75, 3.05) is 4.90 Å². The molecule has 0 spiro atoms. The van der Waals surface area contributed by atoms with E-state index in [1.54, 1.807) is 6.08 Å². The van der Waals surface area contributed by atoms with Gasteiger partial charge in [0.2, 0.25) is 5.13 Å². The van der Waals surface area contributed by atoms with Gasteiger partial charge in [0.1, 0.15) is 6.33 Å². The summed E-state index contributed by atoms with van der Waals surface area (Å²) < 4.78 is 3.83. The predicted molar refractivity (Wildman–Crippen MR) is 60.9 cm³/mol. The maximum Gasteiger partial charge on any atom is 0.258 e. The highest BCUT2D eigenvalue weighted by molar-refractivity contribution is 7.09. The van der Waals surface area contributed by atoms with Crippen LogP contribution >= 0.6 is 11.5 Å². The van der Waals surface area contributed by atoms with Gasteiger partial charge in [0.15, 0.2) is 6.23 Å². The number of hydrogen-bond donors (Lipinski definition) is 1. The third-order valence-corrected chi connectivity index (χ3v) is 3.06. The fourth-order valence-corrected chi connectivity index (χ4v) is 2.15. The second-order valence-electron chi connectivity index (χ2n) is 4.64. The van der Waals surface area contributed by atoms with Crippen LogP contribution in [0.25, 0.3) is 0 Å². The van der Waals surface area contributed by atoms with E-state index in [4.69, 9.17) is 0 Å². The summed E-state index contributed by atoms with van der Waals surface area (Å²) >= 11 is 1.09. The molecule has 1 unspecified atom stereocenters. The fourth-order valence-electron chi connectivity index (χ4n) is 1.59. The van der Waals surface area contributed by atoms with Crippen LogP contribution in [0.3, 0.4) is 0 Å². The lowest BCUT2D eigenvalue weighted by molar-refractivity contribution is -0.116. The van der Waals surface area contributed by atoms with Crippen LogP contribution in [0.2, 0.25) is 0 Å². The van der Waals surface area contributed by atoms with Crippen LogP contribution < -0.4 is 4.90 Å². The number of rotatable bonds is 1. The van der Waals surface area contributed by atoms with E-state index < -0.39 is 6.23 Å². The third-order valence-electron chi connectivity index (χ3n) is 2.39. The molecular weight excluding hydrogens is 226 g/mol. The van der Waals surface area contributed by atoms with E-state index in [0.29, 0.717) is 10.7 Å². The molecule has 16 heavy (non-hydrogen) atoms. The second-order valence-corrected chi connectivity index (χ2v) is 5.40. The maximum absolute atomic E-state index is 12.1. The van der Waals surface area contributed by atoms with Crippen molar-refractivity contribution in [2.45, 2.75) is 27.0 Å². The number of carbonyl (C=O) groups excluding carboxylic acids is 1. The van der Waals surface area contributed by atoms with Crippen LogP contribution in [-0.2, 0) is 4.79 Å². The van der Waals surface area contributed by atoms with Gasteiger partial charge in [-0.05, 0) is 11.5 Å². The molecule has 1 atom stereocenters. The van der Waals surface area contributed by atoms with E-state index in [9.17, 15) is 9.90 Å². The topological polar surface area (TPSA) is 66.3 Å². The van der Waals surface area contributed by atoms with Gasteiger partial charge in [-0.3, -0.25) is 9.69 Å². The molecule has 5 nitrogen and oxygen atoms in total. The van der Waals surface area contributed by atoms with Crippen LogP contribution in [0.1, 0.15) is 20.8 Å². The lowest BCUT2D eigenvalue weighted by Gasteiger charge is -2.21. The van der Waals surface area contributed by atoms with E-state index in [0.717, 1.165) is 11.5 Å². The molecule has 0 aromatic carbocycles. The molecule has 0 radical (unpaired) electrons. The number of carbonyl (C=O) groups is 1. The van der Waals surface area contributed by atoms with Gasteiger partial charge in [-0.2, -0.15) is 4.37 Å². The molecule has 0 bridgehead atoms. The lowest BCUT2D eigenvalue weighted by atomic mass is 9.86. The third kappa shape index (κ3) is 1.74. The van der Waals surface area contributed by atoms with E-state index in [-0.39, 0.29) is 11.3 Å². The highest BCUT2D eigenvalue weighted by atomic mass is 32.1. The van der Waals surface area contributed by atoms with Crippen LogP contribution in [0.4, 0.5) is 5.13 Å². The summed E-state index contributed by atoms with van der Waals surface area (Å²) in [7, 11) is 0. The van der Waals surface area contributed by atoms with Crippen LogP contribution in [0.15, 0.2) is 18.0 Å². The molecule has 86 valence electrons. The molecule has 0 saturated heterocycles. The summed E-state index contributed by atoms with van der Waals surface area (Å²) in [5, 5.41) is 10.3. The Hall–Kier alpha value is -1.27. The summed E-state index contributed by atoms with van der Waals surface area (Å²) in [6.07, 6.45) is 2.01. The van der Waals surface area contributed by atoms with E-state index in [2.05, 4.69) is 9.36 Å². The van der Waals surface area contributed by atoms with Gasteiger partial charge in [-0.1, -0.05) is 20.8 Å². The second kappa shape index (κ2) is 3.64. The molecule has 1 amide bonds. The number of anilines is 1. The molecule has 6 heteroatoms. The van der Waals surface area contributed by atoms with Gasteiger partial charge in [0.25, 0.3) is 5.91 Å². The number of hydrogen-bond acceptors (Lipinski definition) is 5. The molecule has 0 fully saturated rings. The monoisotopic (exact) mass is 239 g/mol. The molecule has 1 aliphatic heterocycles. The minimum absolute atomic E-state index is 0.197. The molecular formula is C10H13N3O2S. The molecule has 1 aromatic rings. The SMILES string of the molecule is CC(C)(C)C1=CC(O)N(c2ncns2)C1=O. The van der Waals surface area contributed by atoms with Crippen LogP contribution in [0.5, 0.6) is 0 Å². The minimum Gasteiger partial charge on any atom is -0.369 e. The fraction of sp³-hybridized carbons (Fsp3) is 0.500. The van der Waals surface area contributed by atoms with Crippen molar-refractivity contribution in [3.05, 3.63) is 18.0 Å². The van der Waals surface area contributed by atoms with Gasteiger partial charge >= 0.3 is 0 Å². The Balaban J connectivity index is 2.33. The summed E-state index contributed by atoms with van der Waals surface area (Å²) in [5.74, 6) is -0.197. The first-order valence-corrected chi connectivity index (χ1v) is 5.69. The number of nitrogens with zero attached hydrogens (tertiary/aromatic N) is 3. The van der Waals surface area contributed by atoms with Gasteiger partial charge in [0.05, 0.1) is 0 Å². The zero-order valence-corrected chi connectivity index (χ0v) is 10.2. The van der Waals surface area contributed by atoms with Crippen molar-refractivity contribution in [2.24, 2.45) is 5.41 Å². The average Bonchev–Trinajstić information content (AvgIpc) is 2.72. The average molecular weight is 239 g/mol. The standard InChI is InChI=1S/C10H13N3O2S/c1-10(2,3)6-4-7(14)13(8(6)15)9-11-5-12-16-9/h4-5,7,14H,1-3H3. The Kier molecular flexibility index (Phi) is 2.55. The van der Waals surface area contributed by atoms with Crippen molar-refractivity contribution in [3.63, 3.8) is 0 Å². The zero-order valence-electron chi connectivity index (χ0n) is 9.34. The number of amides is 1.